The lowest BCUT2D eigenvalue weighted by atomic mass is 9.98. The Bertz CT molecular complexity index is 2460. The normalized spacial score (nSPS) is 16.4. The molecule has 3 aromatic carbocycles. The molecule has 4 heterocycles. The predicted molar refractivity (Wildman–Crippen MR) is 200 cm³/mol. The minimum atomic E-state index is -1.24. The third-order valence-corrected chi connectivity index (χ3v) is 11.0. The summed E-state index contributed by atoms with van der Waals surface area (Å²) >= 11 is 1.71. The predicted octanol–water partition coefficient (Wildman–Crippen LogP) is 6.44. The summed E-state index contributed by atoms with van der Waals surface area (Å²) in [6.07, 6.45) is 3.69. The second-order valence-corrected chi connectivity index (χ2v) is 14.4. The monoisotopic (exact) mass is 732 g/mol. The topological polar surface area (TPSA) is 197 Å². The highest BCUT2D eigenvalue weighted by Crippen LogP contribution is 2.49. The van der Waals surface area contributed by atoms with Crippen LogP contribution in [0.1, 0.15) is 43.9 Å². The van der Waals surface area contributed by atoms with Gasteiger partial charge in [0.1, 0.15) is 24.7 Å². The van der Waals surface area contributed by atoms with Crippen molar-refractivity contribution in [2.45, 2.75) is 38.8 Å². The first-order chi connectivity index (χ1) is 25.6. The number of fused-ring (bicyclic) bond motifs is 6. The maximum atomic E-state index is 13.0. The average Bonchev–Trinajstić information content (AvgIpc) is 3.99. The Hall–Kier alpha value is -6.22. The molecule has 1 fully saturated rings. The molecule has 0 spiro atoms. The van der Waals surface area contributed by atoms with Gasteiger partial charge in [0.15, 0.2) is 0 Å². The van der Waals surface area contributed by atoms with Crippen LogP contribution in [0, 0.1) is 5.92 Å². The van der Waals surface area contributed by atoms with Crippen LogP contribution in [-0.4, -0.2) is 83.6 Å². The van der Waals surface area contributed by atoms with E-state index < -0.39 is 12.2 Å². The number of imidazole rings is 2. The zero-order valence-corrected chi connectivity index (χ0v) is 29.5. The number of nitrogens with one attached hydrogen (secondary N) is 4. The Morgan fingerprint density at radius 2 is 1.62 bits per heavy atom. The molecule has 3 aromatic heterocycles. The number of aromatic nitrogens is 4. The second-order valence-electron chi connectivity index (χ2n) is 13.4. The summed E-state index contributed by atoms with van der Waals surface area (Å²) < 4.78 is 2.27. The summed E-state index contributed by atoms with van der Waals surface area (Å²) in [7, 11) is 0. The number of rotatable bonds is 11. The standard InChI is InChI=1S/C38H36N8O6S/c1-2-11-45(33(47)17-40-37(49)50)19-32-39-16-29(42-32)22-5-9-26-25-8-4-21(14-30(25)53-31(26)15-22)20-6-10-27-28(13-20)44-36(43-27)35-23-3-7-24(12-23)46(35)34(48)18-41-38(51)52/h4-10,13-16,23,35,40-41H,2-3,11-12,17-19H2,1H3,(H,39,42)(H,43,44)(H,49,50)(H,51,52)/t23-,35-/m0/s1. The zero-order chi connectivity index (χ0) is 36.8. The zero-order valence-electron chi connectivity index (χ0n) is 28.7. The fourth-order valence-corrected chi connectivity index (χ4v) is 8.70. The molecule has 6 N–H and O–H groups in total. The van der Waals surface area contributed by atoms with Crippen molar-refractivity contribution in [1.82, 2.24) is 40.4 Å². The summed E-state index contributed by atoms with van der Waals surface area (Å²) in [5, 5.41) is 24.5. The third kappa shape index (κ3) is 6.55. The summed E-state index contributed by atoms with van der Waals surface area (Å²) in [5.41, 5.74) is 6.47. The molecule has 15 heteroatoms. The molecule has 53 heavy (non-hydrogen) atoms. The van der Waals surface area contributed by atoms with Crippen LogP contribution < -0.4 is 10.6 Å². The van der Waals surface area contributed by atoms with E-state index in [2.05, 4.69) is 80.2 Å². The fourth-order valence-electron chi connectivity index (χ4n) is 7.51. The lowest BCUT2D eigenvalue weighted by molar-refractivity contribution is -0.131. The van der Waals surface area contributed by atoms with Crippen LogP contribution in [-0.2, 0) is 16.1 Å². The van der Waals surface area contributed by atoms with Crippen molar-refractivity contribution in [3.05, 3.63) is 84.2 Å². The number of hydrogen-bond donors (Lipinski definition) is 6. The molecule has 8 rings (SSSR count). The second kappa shape index (κ2) is 13.7. The molecule has 2 aliphatic rings. The van der Waals surface area contributed by atoms with Crippen LogP contribution in [0.25, 0.3) is 53.6 Å². The van der Waals surface area contributed by atoms with Gasteiger partial charge in [-0.05, 0) is 60.6 Å². The molecule has 14 nitrogen and oxygen atoms in total. The smallest absolute Gasteiger partial charge is 0.405 e. The van der Waals surface area contributed by atoms with E-state index in [-0.39, 0.29) is 43.4 Å². The minimum Gasteiger partial charge on any atom is -0.465 e. The lowest BCUT2D eigenvalue weighted by Crippen LogP contribution is -2.40. The number of carbonyl (C=O) groups is 4. The van der Waals surface area contributed by atoms with E-state index >= 15 is 0 Å². The Labute approximate surface area is 306 Å². The van der Waals surface area contributed by atoms with Crippen molar-refractivity contribution in [2.24, 2.45) is 5.92 Å². The number of thiophene rings is 1. The molecular formula is C38H36N8O6S. The number of carbonyl (C=O) groups excluding carboxylic acids is 2. The first-order valence-corrected chi connectivity index (χ1v) is 18.2. The molecule has 1 aliphatic carbocycles. The molecule has 1 saturated heterocycles. The molecule has 2 bridgehead atoms. The summed E-state index contributed by atoms with van der Waals surface area (Å²) in [4.78, 5) is 67.0. The quantitative estimate of drug-likeness (QED) is 0.0875. The maximum Gasteiger partial charge on any atom is 0.405 e. The molecule has 0 saturated carbocycles. The van der Waals surface area contributed by atoms with E-state index in [1.54, 1.807) is 27.3 Å². The number of amides is 4. The third-order valence-electron chi connectivity index (χ3n) is 9.93. The van der Waals surface area contributed by atoms with Crippen LogP contribution >= 0.6 is 11.3 Å². The fraction of sp³-hybridized carbons (Fsp3) is 0.263. The van der Waals surface area contributed by atoms with Gasteiger partial charge in [0.25, 0.3) is 0 Å². The SMILES string of the molecule is CCCN(Cc1ncc(-c2ccc3c(c2)sc2cc(-c4ccc5nc([C@@H]6[C@H]7CC=C(C7)N6C(=O)CNC(=O)O)[nH]c5c4)ccc23)[nH]1)C(=O)CNC(=O)O. The van der Waals surface area contributed by atoms with Crippen molar-refractivity contribution in [3.8, 4) is 22.4 Å². The number of hydrogen-bond acceptors (Lipinski definition) is 7. The summed E-state index contributed by atoms with van der Waals surface area (Å²) in [5.74, 6) is 0.919. The van der Waals surface area contributed by atoms with Crippen molar-refractivity contribution >= 4 is 66.5 Å². The molecule has 0 radical (unpaired) electrons. The van der Waals surface area contributed by atoms with E-state index in [0.717, 1.165) is 78.5 Å². The average molecular weight is 733 g/mol. The lowest BCUT2D eigenvalue weighted by Gasteiger charge is -2.29. The van der Waals surface area contributed by atoms with Gasteiger partial charge in [-0.1, -0.05) is 43.3 Å². The summed E-state index contributed by atoms with van der Waals surface area (Å²) in [6, 6.07) is 18.6. The van der Waals surface area contributed by atoms with Gasteiger partial charge >= 0.3 is 12.2 Å². The van der Waals surface area contributed by atoms with Crippen molar-refractivity contribution < 1.29 is 29.4 Å². The molecular weight excluding hydrogens is 697 g/mol. The number of nitrogens with zero attached hydrogens (tertiary/aromatic N) is 4. The maximum absolute atomic E-state index is 13.0. The van der Waals surface area contributed by atoms with Gasteiger partial charge in [-0.15, -0.1) is 11.3 Å². The van der Waals surface area contributed by atoms with Gasteiger partial charge in [0.2, 0.25) is 11.8 Å². The van der Waals surface area contributed by atoms with E-state index in [9.17, 15) is 19.2 Å². The van der Waals surface area contributed by atoms with Crippen LogP contribution in [0.2, 0.25) is 0 Å². The highest BCUT2D eigenvalue weighted by atomic mass is 32.1. The van der Waals surface area contributed by atoms with Gasteiger partial charge in [-0.2, -0.15) is 0 Å². The Morgan fingerprint density at radius 1 is 0.925 bits per heavy atom. The number of carboxylic acid groups (broad SMARTS) is 2. The largest absolute Gasteiger partial charge is 0.465 e. The number of likely N-dealkylation sites (tertiary alicyclic amines) is 1. The van der Waals surface area contributed by atoms with Crippen molar-refractivity contribution in [2.75, 3.05) is 19.6 Å². The van der Waals surface area contributed by atoms with E-state index in [1.807, 2.05) is 13.0 Å². The molecule has 4 amide bonds. The first kappa shape index (κ1) is 33.9. The van der Waals surface area contributed by atoms with Crippen LogP contribution in [0.4, 0.5) is 9.59 Å². The van der Waals surface area contributed by atoms with Gasteiger partial charge in [0, 0.05) is 38.0 Å². The van der Waals surface area contributed by atoms with Gasteiger partial charge in [-0.25, -0.2) is 19.6 Å². The first-order valence-electron chi connectivity index (χ1n) is 17.4. The number of benzene rings is 3. The number of allylic oxidation sites excluding steroid dienone is 2. The Morgan fingerprint density at radius 3 is 2.38 bits per heavy atom. The van der Waals surface area contributed by atoms with Crippen LogP contribution in [0.3, 0.4) is 0 Å². The highest BCUT2D eigenvalue weighted by molar-refractivity contribution is 7.25. The molecule has 1 aliphatic heterocycles. The number of aromatic amines is 2. The van der Waals surface area contributed by atoms with Crippen LogP contribution in [0.15, 0.2) is 72.6 Å². The molecule has 270 valence electrons. The minimum absolute atomic E-state index is 0.200. The van der Waals surface area contributed by atoms with Crippen molar-refractivity contribution in [1.29, 1.82) is 0 Å². The molecule has 0 unspecified atom stereocenters. The van der Waals surface area contributed by atoms with Gasteiger partial charge in [-0.3, -0.25) is 9.59 Å². The van der Waals surface area contributed by atoms with E-state index in [4.69, 9.17) is 15.2 Å². The molecule has 2 atom stereocenters. The Balaban J connectivity index is 1.02. The highest BCUT2D eigenvalue weighted by Gasteiger charge is 2.45. The van der Waals surface area contributed by atoms with E-state index in [0.29, 0.717) is 18.2 Å². The van der Waals surface area contributed by atoms with Gasteiger partial charge in [0.05, 0.1) is 35.5 Å². The molecule has 6 aromatic rings. The number of H-pyrrole nitrogens is 2. The summed E-state index contributed by atoms with van der Waals surface area (Å²) in [6.45, 7) is 2.12. The Kier molecular flexibility index (Phi) is 8.78. The van der Waals surface area contributed by atoms with Gasteiger partial charge < -0.3 is 40.6 Å². The van der Waals surface area contributed by atoms with Crippen molar-refractivity contribution in [3.63, 3.8) is 0 Å². The van der Waals surface area contributed by atoms with Crippen LogP contribution in [0.5, 0.6) is 0 Å². The van der Waals surface area contributed by atoms with E-state index in [1.165, 1.54) is 0 Å².